The van der Waals surface area contributed by atoms with Crippen molar-refractivity contribution in [2.75, 3.05) is 13.2 Å². The number of carbonyl (C=O) groups excluding carboxylic acids is 1. The second-order valence-corrected chi connectivity index (χ2v) is 4.05. The molecule has 0 spiro atoms. The maximum Gasteiger partial charge on any atom is 0.254 e. The summed E-state index contributed by atoms with van der Waals surface area (Å²) in [7, 11) is 0. The number of nitrogens with one attached hydrogen (secondary N) is 1. The van der Waals surface area contributed by atoms with Gasteiger partial charge in [0, 0.05) is 0 Å². The zero-order valence-corrected chi connectivity index (χ0v) is 9.51. The topological polar surface area (TPSA) is 69.6 Å². The normalized spacial score (nSPS) is 11.4. The van der Waals surface area contributed by atoms with Crippen LogP contribution in [0, 0.1) is 17.5 Å². The van der Waals surface area contributed by atoms with Gasteiger partial charge in [-0.05, 0) is 19.1 Å². The zero-order valence-electron chi connectivity index (χ0n) is 9.51. The summed E-state index contributed by atoms with van der Waals surface area (Å²) in [5, 5.41) is 20.0. The van der Waals surface area contributed by atoms with Gasteiger partial charge in [0.2, 0.25) is 0 Å². The van der Waals surface area contributed by atoms with Gasteiger partial charge in [-0.15, -0.1) is 0 Å². The molecule has 1 aromatic rings. The van der Waals surface area contributed by atoms with Crippen LogP contribution in [0.5, 0.6) is 0 Å². The van der Waals surface area contributed by atoms with E-state index in [4.69, 9.17) is 10.2 Å². The molecule has 1 amide bonds. The highest BCUT2D eigenvalue weighted by Crippen LogP contribution is 2.16. The molecule has 0 unspecified atom stereocenters. The minimum atomic E-state index is -1.75. The Morgan fingerprint density at radius 1 is 1.22 bits per heavy atom. The Labute approximate surface area is 101 Å². The molecule has 7 heteroatoms. The molecule has 0 aliphatic carbocycles. The number of rotatable bonds is 4. The van der Waals surface area contributed by atoms with Crippen molar-refractivity contribution < 1.29 is 28.2 Å². The van der Waals surface area contributed by atoms with E-state index in [1.54, 1.807) is 0 Å². The molecular formula is C11H12F3NO3. The van der Waals surface area contributed by atoms with Crippen LogP contribution in [0.1, 0.15) is 17.3 Å². The summed E-state index contributed by atoms with van der Waals surface area (Å²) in [4.78, 5) is 11.6. The summed E-state index contributed by atoms with van der Waals surface area (Å²) in [6.45, 7) is 0.115. The zero-order chi connectivity index (χ0) is 13.9. The van der Waals surface area contributed by atoms with Gasteiger partial charge in [-0.2, -0.15) is 0 Å². The van der Waals surface area contributed by atoms with Gasteiger partial charge in [0.1, 0.15) is 0 Å². The number of carbonyl (C=O) groups is 1. The Morgan fingerprint density at radius 3 is 2.28 bits per heavy atom. The van der Waals surface area contributed by atoms with E-state index in [-0.39, 0.29) is 0 Å². The first-order valence-electron chi connectivity index (χ1n) is 5.02. The SMILES string of the molecule is CC(CO)(CO)NC(=O)c1ccc(F)c(F)c1F. The summed E-state index contributed by atoms with van der Waals surface area (Å²) in [6, 6.07) is 1.39. The van der Waals surface area contributed by atoms with Gasteiger partial charge in [0.05, 0.1) is 24.3 Å². The van der Waals surface area contributed by atoms with Crippen molar-refractivity contribution in [3.63, 3.8) is 0 Å². The molecule has 4 nitrogen and oxygen atoms in total. The maximum absolute atomic E-state index is 13.3. The highest BCUT2D eigenvalue weighted by Gasteiger charge is 2.27. The van der Waals surface area contributed by atoms with Crippen LogP contribution in [0.3, 0.4) is 0 Å². The number of aliphatic hydroxyl groups excluding tert-OH is 2. The molecule has 18 heavy (non-hydrogen) atoms. The molecule has 0 saturated carbocycles. The lowest BCUT2D eigenvalue weighted by Crippen LogP contribution is -2.52. The van der Waals surface area contributed by atoms with E-state index in [9.17, 15) is 18.0 Å². The first-order chi connectivity index (χ1) is 8.34. The van der Waals surface area contributed by atoms with Crippen molar-refractivity contribution >= 4 is 5.91 Å². The van der Waals surface area contributed by atoms with E-state index >= 15 is 0 Å². The van der Waals surface area contributed by atoms with Gasteiger partial charge in [0.25, 0.3) is 5.91 Å². The Balaban J connectivity index is 3.02. The van der Waals surface area contributed by atoms with Crippen molar-refractivity contribution in [2.45, 2.75) is 12.5 Å². The van der Waals surface area contributed by atoms with Crippen molar-refractivity contribution in [3.8, 4) is 0 Å². The van der Waals surface area contributed by atoms with E-state index < -0.39 is 47.7 Å². The lowest BCUT2D eigenvalue weighted by Gasteiger charge is -2.26. The number of benzene rings is 1. The molecule has 0 aliphatic rings. The number of halogens is 3. The first kappa shape index (κ1) is 14.5. The van der Waals surface area contributed by atoms with Gasteiger partial charge in [-0.1, -0.05) is 0 Å². The lowest BCUT2D eigenvalue weighted by atomic mass is 10.0. The number of hydrogen-bond donors (Lipinski definition) is 3. The van der Waals surface area contributed by atoms with Crippen LogP contribution >= 0.6 is 0 Å². The van der Waals surface area contributed by atoms with Crippen LogP contribution < -0.4 is 5.32 Å². The van der Waals surface area contributed by atoms with E-state index in [1.165, 1.54) is 6.92 Å². The van der Waals surface area contributed by atoms with Crippen LogP contribution in [0.4, 0.5) is 13.2 Å². The summed E-state index contributed by atoms with van der Waals surface area (Å²) in [6.07, 6.45) is 0. The maximum atomic E-state index is 13.3. The molecule has 3 N–H and O–H groups in total. The number of amides is 1. The van der Waals surface area contributed by atoms with Gasteiger partial charge < -0.3 is 15.5 Å². The van der Waals surface area contributed by atoms with Gasteiger partial charge in [-0.25, -0.2) is 13.2 Å². The van der Waals surface area contributed by atoms with E-state index in [1.807, 2.05) is 0 Å². The van der Waals surface area contributed by atoms with Gasteiger partial charge >= 0.3 is 0 Å². The van der Waals surface area contributed by atoms with Crippen molar-refractivity contribution in [2.24, 2.45) is 0 Å². The van der Waals surface area contributed by atoms with Crippen LogP contribution in [-0.2, 0) is 0 Å². The lowest BCUT2D eigenvalue weighted by molar-refractivity contribution is 0.0719. The Hall–Kier alpha value is -1.60. The second kappa shape index (κ2) is 5.36. The van der Waals surface area contributed by atoms with E-state index in [0.717, 1.165) is 6.07 Å². The standard InChI is InChI=1S/C11H12F3NO3/c1-11(4-16,5-17)15-10(18)6-2-3-7(12)9(14)8(6)13/h2-3,16-17H,4-5H2,1H3,(H,15,18). The van der Waals surface area contributed by atoms with E-state index in [0.29, 0.717) is 6.07 Å². The highest BCUT2D eigenvalue weighted by atomic mass is 19.2. The smallest absolute Gasteiger partial charge is 0.254 e. The molecule has 0 aromatic heterocycles. The Kier molecular flexibility index (Phi) is 4.31. The number of aliphatic hydroxyl groups is 2. The second-order valence-electron chi connectivity index (χ2n) is 4.05. The van der Waals surface area contributed by atoms with Crippen LogP contribution in [0.25, 0.3) is 0 Å². The summed E-state index contributed by atoms with van der Waals surface area (Å²) < 4.78 is 38.9. The highest BCUT2D eigenvalue weighted by molar-refractivity contribution is 5.95. The molecule has 1 rings (SSSR count). The fourth-order valence-corrected chi connectivity index (χ4v) is 1.17. The molecule has 0 heterocycles. The third-order valence-electron chi connectivity index (χ3n) is 2.39. The molecule has 1 aromatic carbocycles. The molecule has 0 atom stereocenters. The first-order valence-corrected chi connectivity index (χ1v) is 5.02. The Morgan fingerprint density at radius 2 is 1.78 bits per heavy atom. The van der Waals surface area contributed by atoms with Gasteiger partial charge in [0.15, 0.2) is 17.5 Å². The predicted octanol–water partition coefficient (Wildman–Crippen LogP) is 0.577. The third kappa shape index (κ3) is 2.80. The number of hydrogen-bond acceptors (Lipinski definition) is 3. The monoisotopic (exact) mass is 263 g/mol. The minimum Gasteiger partial charge on any atom is -0.394 e. The Bertz CT molecular complexity index is 461. The molecule has 0 saturated heterocycles. The fourth-order valence-electron chi connectivity index (χ4n) is 1.17. The van der Waals surface area contributed by atoms with Crippen LogP contribution in [0.2, 0.25) is 0 Å². The molecule has 100 valence electrons. The summed E-state index contributed by atoms with van der Waals surface area (Å²) >= 11 is 0. The molecule has 0 radical (unpaired) electrons. The third-order valence-corrected chi connectivity index (χ3v) is 2.39. The van der Waals surface area contributed by atoms with Crippen LogP contribution in [-0.4, -0.2) is 34.9 Å². The largest absolute Gasteiger partial charge is 0.394 e. The summed E-state index contributed by atoms with van der Waals surface area (Å²) in [5.74, 6) is -5.84. The van der Waals surface area contributed by atoms with Crippen LogP contribution in [0.15, 0.2) is 12.1 Å². The fraction of sp³-hybridized carbons (Fsp3) is 0.364. The van der Waals surface area contributed by atoms with Gasteiger partial charge in [-0.3, -0.25) is 4.79 Å². The van der Waals surface area contributed by atoms with Crippen molar-refractivity contribution in [1.29, 1.82) is 0 Å². The molecule has 0 aliphatic heterocycles. The molecule has 0 bridgehead atoms. The average Bonchev–Trinajstić information content (AvgIpc) is 2.35. The average molecular weight is 263 g/mol. The summed E-state index contributed by atoms with van der Waals surface area (Å²) in [5.41, 5.74) is -2.09. The van der Waals surface area contributed by atoms with E-state index in [2.05, 4.69) is 5.32 Å². The predicted molar refractivity (Wildman–Crippen MR) is 56.4 cm³/mol. The minimum absolute atomic E-state index is 0.597. The molecular weight excluding hydrogens is 251 g/mol. The quantitative estimate of drug-likeness (QED) is 0.696. The van der Waals surface area contributed by atoms with Crippen molar-refractivity contribution in [3.05, 3.63) is 35.1 Å². The van der Waals surface area contributed by atoms with Crippen molar-refractivity contribution in [1.82, 2.24) is 5.32 Å². The molecule has 0 fully saturated rings.